The Kier molecular flexibility index (Phi) is 7.50. The lowest BCUT2D eigenvalue weighted by Gasteiger charge is -2.53. The van der Waals surface area contributed by atoms with E-state index >= 15 is 0 Å². The van der Waals surface area contributed by atoms with Gasteiger partial charge in [0.25, 0.3) is 5.91 Å². The van der Waals surface area contributed by atoms with Crippen LogP contribution in [0.2, 0.25) is 10.0 Å². The van der Waals surface area contributed by atoms with E-state index in [4.69, 9.17) is 27.9 Å². The lowest BCUT2D eigenvalue weighted by Crippen LogP contribution is -2.62. The van der Waals surface area contributed by atoms with Crippen LogP contribution in [0.4, 0.5) is 13.2 Å². The topological polar surface area (TPSA) is 41.6 Å². The number of alkyl halides is 3. The first kappa shape index (κ1) is 28.9. The summed E-state index contributed by atoms with van der Waals surface area (Å²) < 4.78 is 48.5. The predicted octanol–water partition coefficient (Wildman–Crippen LogP) is 7.55. The van der Waals surface area contributed by atoms with Crippen molar-refractivity contribution in [2.45, 2.75) is 76.4 Å². The SMILES string of the molecule is Cc1cc(C2=CC(c3cc(Cl)cc(Cl)c3)(C(F)(F)F)OC2)ccc1C(=O)NC1CC(C)(C)N(C)C(C)(C)C1. The highest BCUT2D eigenvalue weighted by Crippen LogP contribution is 2.50. The summed E-state index contributed by atoms with van der Waals surface area (Å²) in [5.41, 5.74) is -0.929. The number of carbonyl (C=O) groups is 1. The summed E-state index contributed by atoms with van der Waals surface area (Å²) in [7, 11) is 2.11. The zero-order valence-electron chi connectivity index (χ0n) is 22.4. The fourth-order valence-electron chi connectivity index (χ4n) is 5.80. The van der Waals surface area contributed by atoms with Gasteiger partial charge in [-0.3, -0.25) is 9.69 Å². The lowest BCUT2D eigenvalue weighted by molar-refractivity contribution is -0.254. The Balaban J connectivity index is 1.60. The molecule has 0 spiro atoms. The van der Waals surface area contributed by atoms with Crippen LogP contribution >= 0.6 is 23.2 Å². The lowest BCUT2D eigenvalue weighted by atomic mass is 9.77. The van der Waals surface area contributed by atoms with E-state index in [2.05, 4.69) is 45.0 Å². The van der Waals surface area contributed by atoms with E-state index < -0.39 is 11.8 Å². The van der Waals surface area contributed by atoms with Crippen LogP contribution < -0.4 is 5.32 Å². The Morgan fingerprint density at radius 3 is 2.13 bits per heavy atom. The molecule has 1 amide bonds. The largest absolute Gasteiger partial charge is 0.425 e. The smallest absolute Gasteiger partial charge is 0.352 e. The number of nitrogens with zero attached hydrogens (tertiary/aromatic N) is 1. The van der Waals surface area contributed by atoms with Gasteiger partial charge in [0.1, 0.15) is 0 Å². The van der Waals surface area contributed by atoms with Crippen LogP contribution in [0.25, 0.3) is 5.57 Å². The number of ether oxygens (including phenoxy) is 1. The first-order valence-electron chi connectivity index (χ1n) is 12.5. The summed E-state index contributed by atoms with van der Waals surface area (Å²) >= 11 is 12.0. The summed E-state index contributed by atoms with van der Waals surface area (Å²) in [6, 6.07) is 8.86. The molecular weight excluding hydrogens is 536 g/mol. The fraction of sp³-hybridized carbons (Fsp3) is 0.483. The molecule has 2 aliphatic heterocycles. The van der Waals surface area contributed by atoms with Crippen molar-refractivity contribution in [3.63, 3.8) is 0 Å². The highest BCUT2D eigenvalue weighted by Gasteiger charge is 2.58. The Morgan fingerprint density at radius 1 is 1.03 bits per heavy atom. The molecule has 1 N–H and O–H groups in total. The van der Waals surface area contributed by atoms with Gasteiger partial charge in [-0.1, -0.05) is 35.3 Å². The highest BCUT2D eigenvalue weighted by molar-refractivity contribution is 6.34. The number of halogens is 5. The van der Waals surface area contributed by atoms with E-state index in [1.54, 1.807) is 25.1 Å². The van der Waals surface area contributed by atoms with Gasteiger partial charge in [0.05, 0.1) is 6.61 Å². The average molecular weight is 569 g/mol. The number of aryl methyl sites for hydroxylation is 1. The molecule has 2 aromatic carbocycles. The van der Waals surface area contributed by atoms with Crippen molar-refractivity contribution in [3.8, 4) is 0 Å². The minimum Gasteiger partial charge on any atom is -0.352 e. The quantitative estimate of drug-likeness (QED) is 0.414. The van der Waals surface area contributed by atoms with Crippen molar-refractivity contribution in [2.75, 3.05) is 13.7 Å². The van der Waals surface area contributed by atoms with Gasteiger partial charge < -0.3 is 10.1 Å². The number of rotatable bonds is 4. The molecule has 206 valence electrons. The van der Waals surface area contributed by atoms with Crippen LogP contribution in [0.3, 0.4) is 0 Å². The van der Waals surface area contributed by atoms with Gasteiger partial charge in [-0.05, 0) is 107 Å². The Labute approximate surface area is 232 Å². The zero-order valence-corrected chi connectivity index (χ0v) is 23.9. The second-order valence-corrected chi connectivity index (χ2v) is 12.5. The monoisotopic (exact) mass is 568 g/mol. The molecule has 0 aromatic heterocycles. The van der Waals surface area contributed by atoms with Gasteiger partial charge in [0.2, 0.25) is 5.60 Å². The van der Waals surface area contributed by atoms with Crippen molar-refractivity contribution < 1.29 is 22.7 Å². The second-order valence-electron chi connectivity index (χ2n) is 11.6. The molecule has 1 unspecified atom stereocenters. The molecule has 1 fully saturated rings. The van der Waals surface area contributed by atoms with Crippen LogP contribution in [0.1, 0.15) is 67.6 Å². The number of hydrogen-bond donors (Lipinski definition) is 1. The van der Waals surface area contributed by atoms with Gasteiger partial charge in [-0.2, -0.15) is 13.2 Å². The molecular formula is C29H33Cl2F3N2O2. The highest BCUT2D eigenvalue weighted by atomic mass is 35.5. The number of hydrogen-bond acceptors (Lipinski definition) is 3. The van der Waals surface area contributed by atoms with Gasteiger partial charge in [0.15, 0.2) is 0 Å². The van der Waals surface area contributed by atoms with Crippen molar-refractivity contribution >= 4 is 34.7 Å². The maximum Gasteiger partial charge on any atom is 0.425 e. The molecule has 0 saturated carbocycles. The second kappa shape index (κ2) is 9.84. The fourth-order valence-corrected chi connectivity index (χ4v) is 6.33. The molecule has 4 rings (SSSR count). The van der Waals surface area contributed by atoms with E-state index in [1.807, 2.05) is 0 Å². The molecule has 1 saturated heterocycles. The van der Waals surface area contributed by atoms with Crippen molar-refractivity contribution in [1.82, 2.24) is 10.2 Å². The first-order valence-corrected chi connectivity index (χ1v) is 13.3. The van der Waals surface area contributed by atoms with E-state index in [9.17, 15) is 18.0 Å². The Hall–Kier alpha value is -2.06. The molecule has 38 heavy (non-hydrogen) atoms. The first-order chi connectivity index (χ1) is 17.4. The third-order valence-electron chi connectivity index (χ3n) is 8.03. The van der Waals surface area contributed by atoms with Crippen LogP contribution in [0, 0.1) is 6.92 Å². The predicted molar refractivity (Wildman–Crippen MR) is 146 cm³/mol. The summed E-state index contributed by atoms with van der Waals surface area (Å²) in [6.45, 7) is 10.2. The van der Waals surface area contributed by atoms with E-state index in [-0.39, 0.29) is 45.2 Å². The number of piperidine rings is 1. The van der Waals surface area contributed by atoms with Crippen LogP contribution in [0.5, 0.6) is 0 Å². The summed E-state index contributed by atoms with van der Waals surface area (Å²) in [5.74, 6) is -0.190. The number of nitrogens with one attached hydrogen (secondary N) is 1. The molecule has 1 atom stereocenters. The van der Waals surface area contributed by atoms with Gasteiger partial charge in [-0.25, -0.2) is 0 Å². The van der Waals surface area contributed by atoms with E-state index in [0.29, 0.717) is 22.3 Å². The number of likely N-dealkylation sites (tertiary alicyclic amines) is 1. The van der Waals surface area contributed by atoms with Crippen molar-refractivity contribution in [3.05, 3.63) is 74.8 Å². The van der Waals surface area contributed by atoms with Crippen LogP contribution in [-0.4, -0.2) is 47.8 Å². The molecule has 4 nitrogen and oxygen atoms in total. The minimum atomic E-state index is -4.74. The normalized spacial score (nSPS) is 23.8. The van der Waals surface area contributed by atoms with Gasteiger partial charge >= 0.3 is 6.18 Å². The zero-order chi connectivity index (χ0) is 28.3. The maximum atomic E-state index is 14.3. The van der Waals surface area contributed by atoms with Gasteiger partial charge in [-0.15, -0.1) is 0 Å². The average Bonchev–Trinajstić information content (AvgIpc) is 3.23. The third kappa shape index (κ3) is 5.35. The molecule has 2 aromatic rings. The standard InChI is InChI=1S/C29H33Cl2F3N2O2/c1-17-9-18(7-8-24(17)25(37)35-23-14-26(2,3)36(6)27(4,5)15-23)19-13-28(38-16-19,29(32,33)34)20-10-21(30)12-22(31)11-20/h7-13,23H,14-16H2,1-6H3,(H,35,37). The molecule has 0 aliphatic carbocycles. The van der Waals surface area contributed by atoms with Crippen molar-refractivity contribution in [2.24, 2.45) is 0 Å². The summed E-state index contributed by atoms with van der Waals surface area (Å²) in [5, 5.41) is 3.36. The minimum absolute atomic E-state index is 0.00522. The molecule has 0 bridgehead atoms. The maximum absolute atomic E-state index is 14.3. The summed E-state index contributed by atoms with van der Waals surface area (Å²) in [4.78, 5) is 15.6. The molecule has 9 heteroatoms. The Morgan fingerprint density at radius 2 is 1.61 bits per heavy atom. The van der Waals surface area contributed by atoms with E-state index in [0.717, 1.165) is 18.9 Å². The number of amides is 1. The number of carbonyl (C=O) groups excluding carboxylic acids is 1. The number of benzene rings is 2. The van der Waals surface area contributed by atoms with Gasteiger partial charge in [0, 0.05) is 32.7 Å². The molecule has 0 radical (unpaired) electrons. The third-order valence-corrected chi connectivity index (χ3v) is 8.47. The van der Waals surface area contributed by atoms with Crippen molar-refractivity contribution in [1.29, 1.82) is 0 Å². The Bertz CT molecular complexity index is 1250. The summed E-state index contributed by atoms with van der Waals surface area (Å²) in [6.07, 6.45) is -2.04. The molecule has 2 aliphatic rings. The van der Waals surface area contributed by atoms with E-state index in [1.165, 1.54) is 18.2 Å². The molecule has 2 heterocycles. The van der Waals surface area contributed by atoms with Crippen LogP contribution in [0.15, 0.2) is 42.5 Å². The van der Waals surface area contributed by atoms with Crippen LogP contribution in [-0.2, 0) is 10.3 Å².